The maximum Gasteiger partial charge on any atom is 0.123 e. The van der Waals surface area contributed by atoms with Gasteiger partial charge in [-0.3, -0.25) is 0 Å². The van der Waals surface area contributed by atoms with Crippen LogP contribution in [0.25, 0.3) is 0 Å². The molecule has 1 saturated heterocycles. The average Bonchev–Trinajstić information content (AvgIpc) is 2.47. The van der Waals surface area contributed by atoms with Crippen molar-refractivity contribution in [1.82, 2.24) is 10.2 Å². The maximum absolute atomic E-state index is 13.1. The highest BCUT2D eigenvalue weighted by Crippen LogP contribution is 2.27. The van der Waals surface area contributed by atoms with Crippen LogP contribution in [-0.2, 0) is 0 Å². The van der Waals surface area contributed by atoms with Gasteiger partial charge in [0.15, 0.2) is 0 Å². The van der Waals surface area contributed by atoms with Crippen molar-refractivity contribution in [3.63, 3.8) is 0 Å². The molecule has 2 rings (SSSR count). The lowest BCUT2D eigenvalue weighted by atomic mass is 9.88. The Balaban J connectivity index is 1.96. The van der Waals surface area contributed by atoms with Crippen molar-refractivity contribution in [2.75, 3.05) is 26.2 Å². The highest BCUT2D eigenvalue weighted by molar-refractivity contribution is 5.22. The molecule has 0 saturated carbocycles. The lowest BCUT2D eigenvalue weighted by Gasteiger charge is -2.38. The number of nitrogens with zero attached hydrogens (tertiary/aromatic N) is 1. The number of rotatable bonds is 6. The maximum atomic E-state index is 13.1. The molecule has 2 nitrogen and oxygen atoms in total. The van der Waals surface area contributed by atoms with Crippen molar-refractivity contribution in [3.8, 4) is 0 Å². The molecule has 0 amide bonds. The van der Waals surface area contributed by atoms with E-state index in [0.717, 1.165) is 38.5 Å². The Labute approximate surface area is 128 Å². The van der Waals surface area contributed by atoms with Gasteiger partial charge in [0.25, 0.3) is 0 Å². The molecule has 0 radical (unpaired) electrons. The van der Waals surface area contributed by atoms with Crippen LogP contribution in [0, 0.1) is 11.7 Å². The normalized spacial score (nSPS) is 23.7. The third-order valence-corrected chi connectivity index (χ3v) is 4.47. The van der Waals surface area contributed by atoms with Crippen molar-refractivity contribution < 1.29 is 4.39 Å². The topological polar surface area (TPSA) is 15.3 Å². The molecule has 2 atom stereocenters. The minimum atomic E-state index is -0.145. The van der Waals surface area contributed by atoms with Crippen LogP contribution < -0.4 is 5.32 Å². The fourth-order valence-electron chi connectivity index (χ4n) is 3.15. The van der Waals surface area contributed by atoms with Crippen LogP contribution in [0.15, 0.2) is 24.3 Å². The molecule has 2 unspecified atom stereocenters. The number of benzene rings is 1. The number of nitrogens with one attached hydrogen (secondary N) is 1. The Morgan fingerprint density at radius 3 is 2.57 bits per heavy atom. The Morgan fingerprint density at radius 1 is 1.24 bits per heavy atom. The summed E-state index contributed by atoms with van der Waals surface area (Å²) < 4.78 is 13.1. The van der Waals surface area contributed by atoms with E-state index in [-0.39, 0.29) is 5.82 Å². The van der Waals surface area contributed by atoms with Gasteiger partial charge in [0.2, 0.25) is 0 Å². The molecule has 0 aliphatic carbocycles. The molecule has 21 heavy (non-hydrogen) atoms. The van der Waals surface area contributed by atoms with Gasteiger partial charge in [0.05, 0.1) is 0 Å². The van der Waals surface area contributed by atoms with E-state index in [0.29, 0.717) is 12.0 Å². The summed E-state index contributed by atoms with van der Waals surface area (Å²) in [5, 5.41) is 3.71. The van der Waals surface area contributed by atoms with Gasteiger partial charge < -0.3 is 10.2 Å². The van der Waals surface area contributed by atoms with Crippen molar-refractivity contribution in [2.24, 2.45) is 5.92 Å². The van der Waals surface area contributed by atoms with Gasteiger partial charge in [-0.2, -0.15) is 0 Å². The SMILES string of the molecule is CCN1CC(NCCC(C)C)CC(c2ccc(F)cc2)C1. The summed E-state index contributed by atoms with van der Waals surface area (Å²) in [4.78, 5) is 2.50. The molecule has 1 N–H and O–H groups in total. The second kappa shape index (κ2) is 7.90. The molecule has 118 valence electrons. The Morgan fingerprint density at radius 2 is 1.95 bits per heavy atom. The first kappa shape index (κ1) is 16.4. The van der Waals surface area contributed by atoms with E-state index in [1.54, 1.807) is 12.1 Å². The smallest absolute Gasteiger partial charge is 0.123 e. The summed E-state index contributed by atoms with van der Waals surface area (Å²) in [7, 11) is 0. The minimum absolute atomic E-state index is 0.145. The summed E-state index contributed by atoms with van der Waals surface area (Å²) in [6.45, 7) is 11.1. The molecule has 0 spiro atoms. The summed E-state index contributed by atoms with van der Waals surface area (Å²) in [5.41, 5.74) is 1.27. The molecule has 1 fully saturated rings. The molecule has 1 aliphatic heterocycles. The zero-order valence-electron chi connectivity index (χ0n) is 13.6. The molecule has 1 aromatic rings. The number of hydrogen-bond donors (Lipinski definition) is 1. The van der Waals surface area contributed by atoms with E-state index >= 15 is 0 Å². The number of halogens is 1. The second-order valence-corrected chi connectivity index (χ2v) is 6.67. The van der Waals surface area contributed by atoms with E-state index in [1.807, 2.05) is 12.1 Å². The first-order valence-corrected chi connectivity index (χ1v) is 8.29. The van der Waals surface area contributed by atoms with E-state index in [9.17, 15) is 4.39 Å². The lowest BCUT2D eigenvalue weighted by Crippen LogP contribution is -2.48. The molecular formula is C18H29FN2. The summed E-state index contributed by atoms with van der Waals surface area (Å²) in [5.74, 6) is 1.11. The van der Waals surface area contributed by atoms with Gasteiger partial charge in [-0.05, 0) is 55.5 Å². The first-order chi connectivity index (χ1) is 10.1. The van der Waals surface area contributed by atoms with Crippen molar-refractivity contribution in [3.05, 3.63) is 35.6 Å². The van der Waals surface area contributed by atoms with Crippen LogP contribution in [0.1, 0.15) is 45.1 Å². The second-order valence-electron chi connectivity index (χ2n) is 6.67. The molecule has 0 bridgehead atoms. The van der Waals surface area contributed by atoms with Gasteiger partial charge in [-0.25, -0.2) is 4.39 Å². The Bertz CT molecular complexity index is 416. The number of piperidine rings is 1. The minimum Gasteiger partial charge on any atom is -0.313 e. The van der Waals surface area contributed by atoms with Gasteiger partial charge >= 0.3 is 0 Å². The van der Waals surface area contributed by atoms with Crippen LogP contribution in [0.4, 0.5) is 4.39 Å². The highest BCUT2D eigenvalue weighted by atomic mass is 19.1. The third kappa shape index (κ3) is 5.08. The van der Waals surface area contributed by atoms with Crippen LogP contribution >= 0.6 is 0 Å². The molecule has 1 aromatic carbocycles. The van der Waals surface area contributed by atoms with E-state index in [1.165, 1.54) is 12.0 Å². The van der Waals surface area contributed by atoms with Gasteiger partial charge in [-0.1, -0.05) is 32.9 Å². The largest absolute Gasteiger partial charge is 0.313 e. The number of likely N-dealkylation sites (tertiary alicyclic amines) is 1. The molecule has 1 heterocycles. The van der Waals surface area contributed by atoms with Crippen LogP contribution in [0.3, 0.4) is 0 Å². The fourth-order valence-corrected chi connectivity index (χ4v) is 3.15. The molecule has 1 aliphatic rings. The Kier molecular flexibility index (Phi) is 6.19. The predicted molar refractivity (Wildman–Crippen MR) is 87.1 cm³/mol. The monoisotopic (exact) mass is 292 g/mol. The van der Waals surface area contributed by atoms with Gasteiger partial charge in [-0.15, -0.1) is 0 Å². The average molecular weight is 292 g/mol. The van der Waals surface area contributed by atoms with Crippen LogP contribution in [0.5, 0.6) is 0 Å². The van der Waals surface area contributed by atoms with Gasteiger partial charge in [0, 0.05) is 19.1 Å². The fraction of sp³-hybridized carbons (Fsp3) is 0.667. The van der Waals surface area contributed by atoms with Crippen LogP contribution in [0.2, 0.25) is 0 Å². The summed E-state index contributed by atoms with van der Waals surface area (Å²) in [6.07, 6.45) is 2.38. The van der Waals surface area contributed by atoms with E-state index in [2.05, 4.69) is 31.0 Å². The van der Waals surface area contributed by atoms with Crippen molar-refractivity contribution in [1.29, 1.82) is 0 Å². The predicted octanol–water partition coefficient (Wildman–Crippen LogP) is 3.64. The van der Waals surface area contributed by atoms with E-state index < -0.39 is 0 Å². The molecule has 3 heteroatoms. The lowest BCUT2D eigenvalue weighted by molar-refractivity contribution is 0.178. The summed E-state index contributed by atoms with van der Waals surface area (Å²) >= 11 is 0. The van der Waals surface area contributed by atoms with Gasteiger partial charge in [0.1, 0.15) is 5.82 Å². The number of hydrogen-bond acceptors (Lipinski definition) is 2. The van der Waals surface area contributed by atoms with Crippen LogP contribution in [-0.4, -0.2) is 37.1 Å². The van der Waals surface area contributed by atoms with Crippen molar-refractivity contribution >= 4 is 0 Å². The van der Waals surface area contributed by atoms with Crippen molar-refractivity contribution in [2.45, 2.75) is 45.6 Å². The Hall–Kier alpha value is -0.930. The quantitative estimate of drug-likeness (QED) is 0.861. The molecule has 0 aromatic heterocycles. The van der Waals surface area contributed by atoms with E-state index in [4.69, 9.17) is 0 Å². The zero-order chi connectivity index (χ0) is 15.2. The highest BCUT2D eigenvalue weighted by Gasteiger charge is 2.27. The standard InChI is InChI=1S/C18H29FN2/c1-4-21-12-16(15-5-7-17(19)8-6-15)11-18(13-21)20-10-9-14(2)3/h5-8,14,16,18,20H,4,9-13H2,1-3H3. The molecular weight excluding hydrogens is 263 g/mol. The third-order valence-electron chi connectivity index (χ3n) is 4.47. The first-order valence-electron chi connectivity index (χ1n) is 8.29. The number of likely N-dealkylation sites (N-methyl/N-ethyl adjacent to an activating group) is 1. The summed E-state index contributed by atoms with van der Waals surface area (Å²) in [6, 6.07) is 7.62. The zero-order valence-corrected chi connectivity index (χ0v) is 13.6.